The first-order chi connectivity index (χ1) is 15.4. The van der Waals surface area contributed by atoms with Crippen LogP contribution in [0.4, 0.5) is 4.39 Å². The minimum absolute atomic E-state index is 0.0284. The lowest BCUT2D eigenvalue weighted by atomic mass is 9.64. The van der Waals surface area contributed by atoms with Crippen molar-refractivity contribution in [3.63, 3.8) is 0 Å². The molecule has 1 aliphatic heterocycles. The fourth-order valence-electron chi connectivity index (χ4n) is 6.29. The van der Waals surface area contributed by atoms with Gasteiger partial charge in [-0.05, 0) is 63.1 Å². The van der Waals surface area contributed by atoms with E-state index in [1.807, 2.05) is 50.2 Å². The molecule has 1 fully saturated rings. The van der Waals surface area contributed by atoms with Crippen molar-refractivity contribution in [3.05, 3.63) is 59.2 Å². The molecule has 5 rings (SSSR count). The predicted molar refractivity (Wildman–Crippen MR) is 122 cm³/mol. The highest BCUT2D eigenvalue weighted by atomic mass is 19.1. The molecular formula is C27H32FNO3. The van der Waals surface area contributed by atoms with E-state index in [9.17, 15) is 4.79 Å². The molecule has 3 aliphatic rings. The van der Waals surface area contributed by atoms with Gasteiger partial charge in [0.25, 0.3) is 0 Å². The molecule has 0 N–H and O–H groups in total. The van der Waals surface area contributed by atoms with Crippen LogP contribution in [0.1, 0.15) is 56.2 Å². The second-order valence-corrected chi connectivity index (χ2v) is 9.89. The smallest absolute Gasteiger partial charge is 0.232 e. The fourth-order valence-corrected chi connectivity index (χ4v) is 6.29. The molecule has 2 aromatic carbocycles. The summed E-state index contributed by atoms with van der Waals surface area (Å²) in [7, 11) is 1.63. The number of halogens is 1. The molecule has 1 amide bonds. The molecule has 5 atom stereocenters. The molecule has 0 aromatic heterocycles. The lowest BCUT2D eigenvalue weighted by Gasteiger charge is -2.48. The Balaban J connectivity index is 1.54. The highest BCUT2D eigenvalue weighted by Gasteiger charge is 2.55. The maximum absolute atomic E-state index is 15.0. The number of carbonyl (C=O) groups excluding carboxylic acids is 1. The van der Waals surface area contributed by atoms with E-state index in [4.69, 9.17) is 9.47 Å². The van der Waals surface area contributed by atoms with Crippen LogP contribution in [0.25, 0.3) is 0 Å². The van der Waals surface area contributed by atoms with Gasteiger partial charge >= 0.3 is 0 Å². The first-order valence-electron chi connectivity index (χ1n) is 11.8. The SMILES string of the molecule is CCN(C(=O)C(C)(C)c1ccccc1)[C@H]1Cc2ccc(OC)c3c2C2C(O3)C(F)CCC21. The molecule has 5 heteroatoms. The largest absolute Gasteiger partial charge is 0.493 e. The Labute approximate surface area is 189 Å². The summed E-state index contributed by atoms with van der Waals surface area (Å²) in [6, 6.07) is 14.0. The molecule has 4 nitrogen and oxygen atoms in total. The van der Waals surface area contributed by atoms with Crippen molar-refractivity contribution in [2.75, 3.05) is 13.7 Å². The van der Waals surface area contributed by atoms with E-state index in [0.717, 1.165) is 29.5 Å². The van der Waals surface area contributed by atoms with Crippen molar-refractivity contribution in [2.45, 2.75) is 69.7 Å². The van der Waals surface area contributed by atoms with Crippen molar-refractivity contribution in [1.82, 2.24) is 4.90 Å². The van der Waals surface area contributed by atoms with Crippen LogP contribution in [-0.4, -0.2) is 42.8 Å². The van der Waals surface area contributed by atoms with Crippen LogP contribution in [0.15, 0.2) is 42.5 Å². The van der Waals surface area contributed by atoms with E-state index in [2.05, 4.69) is 17.9 Å². The van der Waals surface area contributed by atoms with Crippen molar-refractivity contribution >= 4 is 5.91 Å². The molecule has 2 aromatic rings. The van der Waals surface area contributed by atoms with Crippen molar-refractivity contribution in [2.24, 2.45) is 5.92 Å². The third-order valence-electron chi connectivity index (χ3n) is 7.96. The van der Waals surface area contributed by atoms with E-state index >= 15 is 4.39 Å². The summed E-state index contributed by atoms with van der Waals surface area (Å²) in [5.41, 5.74) is 2.66. The number of amides is 1. The van der Waals surface area contributed by atoms with Gasteiger partial charge in [-0.25, -0.2) is 4.39 Å². The fraction of sp³-hybridized carbons (Fsp3) is 0.519. The Hall–Kier alpha value is -2.56. The van der Waals surface area contributed by atoms with Crippen LogP contribution in [0.3, 0.4) is 0 Å². The highest BCUT2D eigenvalue weighted by molar-refractivity contribution is 5.87. The molecule has 32 heavy (non-hydrogen) atoms. The zero-order valence-corrected chi connectivity index (χ0v) is 19.3. The van der Waals surface area contributed by atoms with Gasteiger partial charge in [0.15, 0.2) is 11.5 Å². The zero-order chi connectivity index (χ0) is 22.6. The van der Waals surface area contributed by atoms with E-state index < -0.39 is 17.7 Å². The van der Waals surface area contributed by atoms with Crippen LogP contribution in [0.5, 0.6) is 11.5 Å². The van der Waals surface area contributed by atoms with Crippen LogP contribution in [0, 0.1) is 5.92 Å². The number of likely N-dealkylation sites (N-methyl/N-ethyl adjacent to an activating group) is 1. The van der Waals surface area contributed by atoms with Gasteiger partial charge in [0.05, 0.1) is 12.5 Å². The Morgan fingerprint density at radius 2 is 1.94 bits per heavy atom. The predicted octanol–water partition coefficient (Wildman–Crippen LogP) is 5.04. The van der Waals surface area contributed by atoms with Gasteiger partial charge < -0.3 is 14.4 Å². The third-order valence-corrected chi connectivity index (χ3v) is 7.96. The number of methoxy groups -OCH3 is 1. The van der Waals surface area contributed by atoms with Crippen molar-refractivity contribution in [1.29, 1.82) is 0 Å². The molecule has 0 radical (unpaired) electrons. The standard InChI is InChI=1S/C27H32FNO3/c1-5-29(26(30)27(2,3)17-9-7-6-8-10-17)20-15-16-11-14-21(31-4)25-22(16)23-18(20)12-13-19(28)24(23)32-25/h6-11,14,18-20,23-24H,5,12-13,15H2,1-4H3/t18?,19?,20-,23?,24?/m0/s1. The topological polar surface area (TPSA) is 38.8 Å². The highest BCUT2D eigenvalue weighted by Crippen LogP contribution is 2.58. The van der Waals surface area contributed by atoms with Crippen LogP contribution in [-0.2, 0) is 16.6 Å². The number of hydrogen-bond donors (Lipinski definition) is 0. The first-order valence-corrected chi connectivity index (χ1v) is 11.8. The van der Waals surface area contributed by atoms with Gasteiger partial charge in [0.2, 0.25) is 5.91 Å². The van der Waals surface area contributed by atoms with Crippen molar-refractivity contribution < 1.29 is 18.7 Å². The summed E-state index contributed by atoms with van der Waals surface area (Å²) in [5, 5.41) is 0. The van der Waals surface area contributed by atoms with E-state index in [-0.39, 0.29) is 23.8 Å². The summed E-state index contributed by atoms with van der Waals surface area (Å²) in [6.45, 7) is 6.70. The van der Waals surface area contributed by atoms with Crippen LogP contribution in [0.2, 0.25) is 0 Å². The Morgan fingerprint density at radius 3 is 2.62 bits per heavy atom. The Morgan fingerprint density at radius 1 is 1.19 bits per heavy atom. The molecule has 1 saturated carbocycles. The van der Waals surface area contributed by atoms with Crippen LogP contribution >= 0.6 is 0 Å². The van der Waals surface area contributed by atoms with Gasteiger partial charge in [-0.2, -0.15) is 0 Å². The molecule has 170 valence electrons. The first kappa shape index (κ1) is 21.3. The lowest BCUT2D eigenvalue weighted by molar-refractivity contribution is -0.141. The molecule has 1 heterocycles. The minimum Gasteiger partial charge on any atom is -0.493 e. The second kappa shape index (κ2) is 7.79. The number of rotatable bonds is 5. The lowest BCUT2D eigenvalue weighted by Crippen LogP contribution is -2.56. The Kier molecular flexibility index (Phi) is 5.18. The summed E-state index contributed by atoms with van der Waals surface area (Å²) in [5.74, 6) is 1.68. The van der Waals surface area contributed by atoms with Gasteiger partial charge in [-0.3, -0.25) is 4.79 Å². The maximum atomic E-state index is 15.0. The monoisotopic (exact) mass is 437 g/mol. The van der Waals surface area contributed by atoms with Gasteiger partial charge in [-0.15, -0.1) is 0 Å². The van der Waals surface area contributed by atoms with Gasteiger partial charge in [0, 0.05) is 24.1 Å². The number of alkyl halides is 1. The van der Waals surface area contributed by atoms with Crippen molar-refractivity contribution in [3.8, 4) is 11.5 Å². The maximum Gasteiger partial charge on any atom is 0.232 e. The molecule has 0 spiro atoms. The number of ether oxygens (including phenoxy) is 2. The Bertz CT molecular complexity index is 1020. The minimum atomic E-state index is -0.994. The zero-order valence-electron chi connectivity index (χ0n) is 19.3. The quantitative estimate of drug-likeness (QED) is 0.658. The molecule has 2 aliphatic carbocycles. The van der Waals surface area contributed by atoms with E-state index in [0.29, 0.717) is 24.5 Å². The summed E-state index contributed by atoms with van der Waals surface area (Å²) < 4.78 is 26.7. The number of hydrogen-bond acceptors (Lipinski definition) is 3. The average molecular weight is 438 g/mol. The van der Waals surface area contributed by atoms with Gasteiger partial charge in [0.1, 0.15) is 12.3 Å². The molecular weight excluding hydrogens is 405 g/mol. The summed E-state index contributed by atoms with van der Waals surface area (Å²) >= 11 is 0. The third kappa shape index (κ3) is 3.04. The molecule has 0 saturated heterocycles. The number of nitrogens with zero attached hydrogens (tertiary/aromatic N) is 1. The van der Waals surface area contributed by atoms with Crippen LogP contribution < -0.4 is 9.47 Å². The number of carbonyl (C=O) groups is 1. The summed E-state index contributed by atoms with van der Waals surface area (Å²) in [4.78, 5) is 16.0. The number of benzene rings is 2. The average Bonchev–Trinajstić information content (AvgIpc) is 3.22. The second-order valence-electron chi connectivity index (χ2n) is 9.89. The van der Waals surface area contributed by atoms with Gasteiger partial charge in [-0.1, -0.05) is 36.4 Å². The summed E-state index contributed by atoms with van der Waals surface area (Å²) in [6.07, 6.45) is 0.526. The molecule has 0 bridgehead atoms. The van der Waals surface area contributed by atoms with E-state index in [1.165, 1.54) is 0 Å². The molecule has 4 unspecified atom stereocenters. The normalized spacial score (nSPS) is 28.0. The van der Waals surface area contributed by atoms with E-state index in [1.54, 1.807) is 7.11 Å².